The molecule has 27 heavy (non-hydrogen) atoms. The Morgan fingerprint density at radius 2 is 1.89 bits per heavy atom. The number of hydrogen-bond acceptors (Lipinski definition) is 3. The number of nitrogens with one attached hydrogen (secondary N) is 1. The van der Waals surface area contributed by atoms with Crippen molar-refractivity contribution in [3.63, 3.8) is 0 Å². The quantitative estimate of drug-likeness (QED) is 0.841. The number of aromatic nitrogens is 1. The zero-order valence-corrected chi connectivity index (χ0v) is 15.7. The Bertz CT molecular complexity index is 814. The second-order valence-corrected chi connectivity index (χ2v) is 6.86. The molecule has 0 spiro atoms. The minimum absolute atomic E-state index is 0.156. The first-order valence-electron chi connectivity index (χ1n) is 9.14. The van der Waals surface area contributed by atoms with E-state index in [1.165, 1.54) is 12.1 Å². The predicted octanol–water partition coefficient (Wildman–Crippen LogP) is 2.49. The van der Waals surface area contributed by atoms with E-state index in [1.54, 1.807) is 0 Å². The van der Waals surface area contributed by atoms with E-state index in [2.05, 4.69) is 10.2 Å². The summed E-state index contributed by atoms with van der Waals surface area (Å²) in [5, 5.41) is 2.97. The van der Waals surface area contributed by atoms with Crippen LogP contribution in [0.3, 0.4) is 0 Å². The van der Waals surface area contributed by atoms with Crippen LogP contribution in [-0.2, 0) is 11.3 Å². The van der Waals surface area contributed by atoms with Gasteiger partial charge in [0.25, 0.3) is 5.91 Å². The number of halogens is 2. The average Bonchev–Trinajstić information content (AvgIpc) is 2.92. The van der Waals surface area contributed by atoms with Crippen molar-refractivity contribution in [3.05, 3.63) is 58.4 Å². The maximum atomic E-state index is 13.5. The standard InChI is InChI=1S/C20H25F2N3O2/c1-14-11-15(2)25(13-16-3-4-17(21)18(22)12-16)19(14)20(26)23-5-6-24-7-9-27-10-8-24/h3-4,11-12H,5-10,13H2,1-2H3,(H,23,26). The predicted molar refractivity (Wildman–Crippen MR) is 99.0 cm³/mol. The summed E-state index contributed by atoms with van der Waals surface area (Å²) < 4.78 is 33.8. The van der Waals surface area contributed by atoms with Crippen LogP contribution in [0.5, 0.6) is 0 Å². The van der Waals surface area contributed by atoms with Crippen LogP contribution in [0.15, 0.2) is 24.3 Å². The number of hydrogen-bond donors (Lipinski definition) is 1. The van der Waals surface area contributed by atoms with Crippen LogP contribution in [0.25, 0.3) is 0 Å². The second kappa shape index (κ2) is 8.63. The molecule has 1 saturated heterocycles. The van der Waals surface area contributed by atoms with Crippen LogP contribution >= 0.6 is 0 Å². The van der Waals surface area contributed by atoms with Gasteiger partial charge in [0.15, 0.2) is 11.6 Å². The lowest BCUT2D eigenvalue weighted by Crippen LogP contribution is -2.41. The molecule has 1 aliphatic heterocycles. The zero-order chi connectivity index (χ0) is 19.4. The number of carbonyl (C=O) groups is 1. The van der Waals surface area contributed by atoms with Crippen molar-refractivity contribution in [2.75, 3.05) is 39.4 Å². The summed E-state index contributed by atoms with van der Waals surface area (Å²) in [6.07, 6.45) is 0. The van der Waals surface area contributed by atoms with Crippen LogP contribution in [0.1, 0.15) is 27.3 Å². The molecule has 2 heterocycles. The van der Waals surface area contributed by atoms with Gasteiger partial charge in [-0.05, 0) is 43.2 Å². The highest BCUT2D eigenvalue weighted by Gasteiger charge is 2.18. The van der Waals surface area contributed by atoms with Crippen molar-refractivity contribution in [1.82, 2.24) is 14.8 Å². The van der Waals surface area contributed by atoms with Crippen LogP contribution < -0.4 is 5.32 Å². The summed E-state index contributed by atoms with van der Waals surface area (Å²) in [7, 11) is 0. The Balaban J connectivity index is 1.68. The number of rotatable bonds is 6. The molecule has 1 aromatic carbocycles. The van der Waals surface area contributed by atoms with E-state index < -0.39 is 11.6 Å². The van der Waals surface area contributed by atoms with Crippen LogP contribution in [0, 0.1) is 25.5 Å². The lowest BCUT2D eigenvalue weighted by molar-refractivity contribution is 0.0383. The first kappa shape index (κ1) is 19.5. The number of amides is 1. The Morgan fingerprint density at radius 1 is 1.15 bits per heavy atom. The number of ether oxygens (including phenoxy) is 1. The van der Waals surface area contributed by atoms with Gasteiger partial charge in [-0.2, -0.15) is 0 Å². The van der Waals surface area contributed by atoms with Crippen molar-refractivity contribution in [1.29, 1.82) is 0 Å². The Kier molecular flexibility index (Phi) is 6.23. The number of aryl methyl sites for hydroxylation is 2. The molecule has 1 N–H and O–H groups in total. The highest BCUT2D eigenvalue weighted by molar-refractivity contribution is 5.94. The molecular weight excluding hydrogens is 352 g/mol. The van der Waals surface area contributed by atoms with Gasteiger partial charge >= 0.3 is 0 Å². The maximum absolute atomic E-state index is 13.5. The van der Waals surface area contributed by atoms with Gasteiger partial charge in [-0.1, -0.05) is 6.07 Å². The Morgan fingerprint density at radius 3 is 2.59 bits per heavy atom. The van der Waals surface area contributed by atoms with E-state index in [0.717, 1.165) is 50.2 Å². The number of benzene rings is 1. The SMILES string of the molecule is Cc1cc(C)n(Cc2ccc(F)c(F)c2)c1C(=O)NCCN1CCOCC1. The number of morpholine rings is 1. The molecule has 1 aromatic heterocycles. The molecule has 3 rings (SSSR count). The van der Waals surface area contributed by atoms with Gasteiger partial charge in [-0.15, -0.1) is 0 Å². The van der Waals surface area contributed by atoms with Gasteiger partial charge in [0.05, 0.1) is 13.2 Å². The van der Waals surface area contributed by atoms with Crippen LogP contribution in [-0.4, -0.2) is 54.8 Å². The summed E-state index contributed by atoms with van der Waals surface area (Å²) in [5.41, 5.74) is 2.92. The van der Waals surface area contributed by atoms with Gasteiger partial charge in [0.1, 0.15) is 5.69 Å². The van der Waals surface area contributed by atoms with E-state index in [-0.39, 0.29) is 5.91 Å². The fourth-order valence-corrected chi connectivity index (χ4v) is 3.41. The molecule has 0 atom stereocenters. The molecule has 0 saturated carbocycles. The number of carbonyl (C=O) groups excluding carboxylic acids is 1. The molecule has 0 radical (unpaired) electrons. The van der Waals surface area contributed by atoms with Gasteiger partial charge in [-0.25, -0.2) is 8.78 Å². The van der Waals surface area contributed by atoms with Gasteiger partial charge in [0.2, 0.25) is 0 Å². The molecule has 1 amide bonds. The van der Waals surface area contributed by atoms with Crippen molar-refractivity contribution in [2.24, 2.45) is 0 Å². The van der Waals surface area contributed by atoms with Crippen molar-refractivity contribution in [2.45, 2.75) is 20.4 Å². The fraction of sp³-hybridized carbons (Fsp3) is 0.450. The lowest BCUT2D eigenvalue weighted by atomic mass is 10.2. The van der Waals surface area contributed by atoms with Crippen molar-refractivity contribution < 1.29 is 18.3 Å². The highest BCUT2D eigenvalue weighted by atomic mass is 19.2. The van der Waals surface area contributed by atoms with Crippen molar-refractivity contribution in [3.8, 4) is 0 Å². The third kappa shape index (κ3) is 4.73. The van der Waals surface area contributed by atoms with E-state index >= 15 is 0 Å². The maximum Gasteiger partial charge on any atom is 0.268 e. The van der Waals surface area contributed by atoms with E-state index in [4.69, 9.17) is 4.74 Å². The third-order valence-corrected chi connectivity index (χ3v) is 4.85. The van der Waals surface area contributed by atoms with E-state index in [1.807, 2.05) is 24.5 Å². The summed E-state index contributed by atoms with van der Waals surface area (Å²) in [5.74, 6) is -1.91. The third-order valence-electron chi connectivity index (χ3n) is 4.85. The normalized spacial score (nSPS) is 15.1. The van der Waals surface area contributed by atoms with Gasteiger partial charge < -0.3 is 14.6 Å². The van der Waals surface area contributed by atoms with E-state index in [0.29, 0.717) is 24.3 Å². The molecule has 1 aliphatic rings. The molecule has 0 aliphatic carbocycles. The molecule has 5 nitrogen and oxygen atoms in total. The fourth-order valence-electron chi connectivity index (χ4n) is 3.41. The van der Waals surface area contributed by atoms with Crippen LogP contribution in [0.2, 0.25) is 0 Å². The first-order valence-corrected chi connectivity index (χ1v) is 9.14. The number of nitrogens with zero attached hydrogens (tertiary/aromatic N) is 2. The topological polar surface area (TPSA) is 46.5 Å². The first-order chi connectivity index (χ1) is 13.0. The molecule has 0 bridgehead atoms. The Hall–Kier alpha value is -2.25. The minimum atomic E-state index is -0.884. The monoisotopic (exact) mass is 377 g/mol. The van der Waals surface area contributed by atoms with E-state index in [9.17, 15) is 13.6 Å². The van der Waals surface area contributed by atoms with Crippen molar-refractivity contribution >= 4 is 5.91 Å². The smallest absolute Gasteiger partial charge is 0.268 e. The minimum Gasteiger partial charge on any atom is -0.379 e. The highest BCUT2D eigenvalue weighted by Crippen LogP contribution is 2.18. The summed E-state index contributed by atoms with van der Waals surface area (Å²) in [6, 6.07) is 5.74. The summed E-state index contributed by atoms with van der Waals surface area (Å²) >= 11 is 0. The summed E-state index contributed by atoms with van der Waals surface area (Å²) in [4.78, 5) is 15.0. The molecule has 7 heteroatoms. The second-order valence-electron chi connectivity index (χ2n) is 6.86. The largest absolute Gasteiger partial charge is 0.379 e. The molecule has 0 unspecified atom stereocenters. The molecular formula is C20H25F2N3O2. The van der Waals surface area contributed by atoms with Gasteiger partial charge in [-0.3, -0.25) is 9.69 Å². The molecule has 1 fully saturated rings. The molecule has 2 aromatic rings. The van der Waals surface area contributed by atoms with Crippen LogP contribution in [0.4, 0.5) is 8.78 Å². The average molecular weight is 377 g/mol. The lowest BCUT2D eigenvalue weighted by Gasteiger charge is -2.26. The zero-order valence-electron chi connectivity index (χ0n) is 15.7. The molecule has 146 valence electrons. The Labute approximate surface area is 157 Å². The van der Waals surface area contributed by atoms with Gasteiger partial charge in [0, 0.05) is 38.4 Å². The summed E-state index contributed by atoms with van der Waals surface area (Å²) in [6.45, 7) is 8.62.